The zero-order chi connectivity index (χ0) is 14.3. The van der Waals surface area contributed by atoms with Crippen LogP contribution in [0.15, 0.2) is 23.1 Å². The van der Waals surface area contributed by atoms with Gasteiger partial charge in [0.25, 0.3) is 0 Å². The van der Waals surface area contributed by atoms with Crippen LogP contribution in [0.5, 0.6) is 0 Å². The van der Waals surface area contributed by atoms with Crippen molar-refractivity contribution in [2.45, 2.75) is 59.5 Å². The van der Waals surface area contributed by atoms with E-state index in [1.165, 1.54) is 0 Å². The Balaban J connectivity index is 2.30. The summed E-state index contributed by atoms with van der Waals surface area (Å²) in [7, 11) is 0. The standard InChI is InChI=1S/C15H24BNO2/c1-6-9-17-10-12(7-8-13(17)18)16-11-14(2,3)15(4,5)19-16/h7-8,10H,6,9,11H2,1-5H3. The van der Waals surface area contributed by atoms with Gasteiger partial charge in [-0.25, -0.2) is 0 Å². The minimum absolute atomic E-state index is 0.0714. The highest BCUT2D eigenvalue weighted by atomic mass is 16.5. The fraction of sp³-hybridized carbons (Fsp3) is 0.667. The molecule has 0 amide bonds. The van der Waals surface area contributed by atoms with Crippen LogP contribution in [0.25, 0.3) is 0 Å². The van der Waals surface area contributed by atoms with Crippen LogP contribution < -0.4 is 11.0 Å². The normalized spacial score (nSPS) is 20.8. The molecule has 2 rings (SSSR count). The van der Waals surface area contributed by atoms with E-state index in [1.807, 2.05) is 12.3 Å². The molecule has 0 bridgehead atoms. The number of hydrogen-bond acceptors (Lipinski definition) is 2. The van der Waals surface area contributed by atoms with Crippen molar-refractivity contribution in [2.24, 2.45) is 5.41 Å². The topological polar surface area (TPSA) is 31.2 Å². The number of hydrogen-bond donors (Lipinski definition) is 0. The molecule has 0 spiro atoms. The van der Waals surface area contributed by atoms with E-state index >= 15 is 0 Å². The SMILES string of the molecule is CCCn1cc(B2CC(C)(C)C(C)(C)O2)ccc1=O. The Morgan fingerprint density at radius 1 is 1.32 bits per heavy atom. The van der Waals surface area contributed by atoms with Crippen LogP contribution in [-0.2, 0) is 11.2 Å². The molecule has 1 saturated heterocycles. The van der Waals surface area contributed by atoms with Gasteiger partial charge in [0.05, 0.1) is 5.60 Å². The molecule has 0 radical (unpaired) electrons. The second-order valence-electron chi connectivity index (χ2n) is 6.70. The predicted octanol–water partition coefficient (Wildman–Crippen LogP) is 2.29. The van der Waals surface area contributed by atoms with Crippen LogP contribution in [0.1, 0.15) is 41.0 Å². The average molecular weight is 261 g/mol. The zero-order valence-corrected chi connectivity index (χ0v) is 12.7. The largest absolute Gasteiger partial charge is 0.425 e. The van der Waals surface area contributed by atoms with Crippen LogP contribution in [0.2, 0.25) is 6.32 Å². The summed E-state index contributed by atoms with van der Waals surface area (Å²) in [6, 6.07) is 3.57. The summed E-state index contributed by atoms with van der Waals surface area (Å²) in [5, 5.41) is 0. The van der Waals surface area contributed by atoms with E-state index in [2.05, 4.69) is 34.6 Å². The van der Waals surface area contributed by atoms with Gasteiger partial charge in [0.1, 0.15) is 0 Å². The smallest absolute Gasteiger partial charge is 0.329 e. The lowest BCUT2D eigenvalue weighted by atomic mass is 9.54. The highest BCUT2D eigenvalue weighted by molar-refractivity contribution is 6.68. The molecule has 0 atom stereocenters. The second-order valence-corrected chi connectivity index (χ2v) is 6.70. The van der Waals surface area contributed by atoms with E-state index < -0.39 is 0 Å². The first kappa shape index (κ1) is 14.4. The van der Waals surface area contributed by atoms with E-state index in [0.29, 0.717) is 0 Å². The van der Waals surface area contributed by atoms with Gasteiger partial charge >= 0.3 is 6.92 Å². The van der Waals surface area contributed by atoms with Crippen molar-refractivity contribution < 1.29 is 4.65 Å². The second kappa shape index (κ2) is 4.82. The summed E-state index contributed by atoms with van der Waals surface area (Å²) in [6.45, 7) is 11.7. The molecule has 1 aromatic rings. The lowest BCUT2D eigenvalue weighted by molar-refractivity contribution is 0.0375. The van der Waals surface area contributed by atoms with Crippen molar-refractivity contribution in [3.63, 3.8) is 0 Å². The zero-order valence-electron chi connectivity index (χ0n) is 12.7. The third-order valence-corrected chi connectivity index (χ3v) is 4.61. The van der Waals surface area contributed by atoms with E-state index in [9.17, 15) is 4.79 Å². The lowest BCUT2D eigenvalue weighted by Crippen LogP contribution is -2.37. The maximum absolute atomic E-state index is 11.8. The first-order valence-electron chi connectivity index (χ1n) is 7.15. The minimum atomic E-state index is -0.136. The van der Waals surface area contributed by atoms with Gasteiger partial charge in [-0.15, -0.1) is 0 Å². The van der Waals surface area contributed by atoms with Crippen molar-refractivity contribution in [3.8, 4) is 0 Å². The summed E-state index contributed by atoms with van der Waals surface area (Å²) >= 11 is 0. The van der Waals surface area contributed by atoms with Crippen molar-refractivity contribution in [3.05, 3.63) is 28.7 Å². The van der Waals surface area contributed by atoms with Gasteiger partial charge < -0.3 is 9.22 Å². The van der Waals surface area contributed by atoms with Crippen LogP contribution >= 0.6 is 0 Å². The number of nitrogens with zero attached hydrogens (tertiary/aromatic N) is 1. The predicted molar refractivity (Wildman–Crippen MR) is 80.1 cm³/mol. The van der Waals surface area contributed by atoms with Gasteiger partial charge in [0.2, 0.25) is 5.56 Å². The molecule has 0 N–H and O–H groups in total. The Labute approximate surface area is 116 Å². The third-order valence-electron chi connectivity index (χ3n) is 4.61. The molecule has 1 aromatic heterocycles. The highest BCUT2D eigenvalue weighted by Crippen LogP contribution is 2.44. The third kappa shape index (κ3) is 2.64. The number of aryl methyl sites for hydroxylation is 1. The summed E-state index contributed by atoms with van der Waals surface area (Å²) in [6.07, 6.45) is 3.92. The van der Waals surface area contributed by atoms with Crippen molar-refractivity contribution in [2.75, 3.05) is 0 Å². The maximum Gasteiger partial charge on any atom is 0.329 e. The maximum atomic E-state index is 11.8. The first-order chi connectivity index (χ1) is 8.77. The molecule has 0 aliphatic carbocycles. The molecule has 1 fully saturated rings. The van der Waals surface area contributed by atoms with Crippen LogP contribution in [0, 0.1) is 5.41 Å². The molecule has 104 valence electrons. The molecule has 1 aliphatic rings. The van der Waals surface area contributed by atoms with Gasteiger partial charge in [-0.05, 0) is 37.5 Å². The Hall–Kier alpha value is -1.03. The Kier molecular flexibility index (Phi) is 3.65. The molecular weight excluding hydrogens is 237 g/mol. The summed E-state index contributed by atoms with van der Waals surface area (Å²) in [5.74, 6) is 0. The van der Waals surface area contributed by atoms with Crippen LogP contribution in [0.3, 0.4) is 0 Å². The van der Waals surface area contributed by atoms with Gasteiger partial charge in [0, 0.05) is 18.8 Å². The summed E-state index contributed by atoms with van der Waals surface area (Å²) in [5.41, 5.74) is 1.20. The van der Waals surface area contributed by atoms with Crippen LogP contribution in [0.4, 0.5) is 0 Å². The van der Waals surface area contributed by atoms with E-state index in [1.54, 1.807) is 10.6 Å². The first-order valence-corrected chi connectivity index (χ1v) is 7.15. The van der Waals surface area contributed by atoms with E-state index in [0.717, 1.165) is 24.7 Å². The summed E-state index contributed by atoms with van der Waals surface area (Å²) in [4.78, 5) is 11.8. The lowest BCUT2D eigenvalue weighted by Gasteiger charge is -2.34. The Morgan fingerprint density at radius 3 is 2.53 bits per heavy atom. The van der Waals surface area contributed by atoms with Crippen molar-refractivity contribution in [1.29, 1.82) is 0 Å². The molecule has 4 heteroatoms. The molecule has 3 nitrogen and oxygen atoms in total. The fourth-order valence-corrected chi connectivity index (χ4v) is 2.61. The van der Waals surface area contributed by atoms with E-state index in [4.69, 9.17) is 4.65 Å². The van der Waals surface area contributed by atoms with Gasteiger partial charge in [-0.2, -0.15) is 0 Å². The minimum Gasteiger partial charge on any atom is -0.425 e. The fourth-order valence-electron chi connectivity index (χ4n) is 2.61. The molecular formula is C15H24BNO2. The molecule has 1 aliphatic heterocycles. The van der Waals surface area contributed by atoms with Crippen LogP contribution in [-0.4, -0.2) is 17.1 Å². The van der Waals surface area contributed by atoms with Gasteiger partial charge in [-0.3, -0.25) is 4.79 Å². The summed E-state index contributed by atoms with van der Waals surface area (Å²) < 4.78 is 8.00. The number of pyridine rings is 1. The van der Waals surface area contributed by atoms with Gasteiger partial charge in [0.15, 0.2) is 0 Å². The average Bonchev–Trinajstić information content (AvgIpc) is 2.51. The molecule has 0 unspecified atom stereocenters. The molecule has 0 aromatic carbocycles. The van der Waals surface area contributed by atoms with E-state index in [-0.39, 0.29) is 23.5 Å². The van der Waals surface area contributed by atoms with Gasteiger partial charge in [-0.1, -0.05) is 26.8 Å². The highest BCUT2D eigenvalue weighted by Gasteiger charge is 2.49. The quantitative estimate of drug-likeness (QED) is 0.782. The molecule has 19 heavy (non-hydrogen) atoms. The van der Waals surface area contributed by atoms with Crippen molar-refractivity contribution in [1.82, 2.24) is 4.57 Å². The number of aromatic nitrogens is 1. The van der Waals surface area contributed by atoms with Crippen molar-refractivity contribution >= 4 is 12.4 Å². The number of rotatable bonds is 3. The monoisotopic (exact) mass is 261 g/mol. The molecule has 2 heterocycles. The molecule has 0 saturated carbocycles. The Bertz CT molecular complexity index is 503. The Morgan fingerprint density at radius 2 is 2.00 bits per heavy atom.